The van der Waals surface area contributed by atoms with E-state index >= 15 is 0 Å². The summed E-state index contributed by atoms with van der Waals surface area (Å²) in [5.41, 5.74) is 0. The van der Waals surface area contributed by atoms with Crippen molar-refractivity contribution >= 4 is 8.03 Å². The van der Waals surface area contributed by atoms with Crippen molar-refractivity contribution in [3.63, 3.8) is 0 Å². The lowest BCUT2D eigenvalue weighted by Gasteiger charge is -2.02. The van der Waals surface area contributed by atoms with E-state index in [1.165, 1.54) is 57.8 Å². The van der Waals surface area contributed by atoms with Gasteiger partial charge in [-0.25, -0.2) is 0 Å². The SMILES string of the molecule is CCCCCCCCCCCCCC(O)[P+](=O)O. The number of rotatable bonds is 13. The van der Waals surface area contributed by atoms with Crippen LogP contribution in [0, 0.1) is 0 Å². The molecule has 3 nitrogen and oxygen atoms in total. The van der Waals surface area contributed by atoms with Gasteiger partial charge in [0.1, 0.15) is 0 Å². The molecule has 0 fully saturated rings. The fourth-order valence-corrected chi connectivity index (χ4v) is 2.51. The summed E-state index contributed by atoms with van der Waals surface area (Å²) in [7, 11) is -2.39. The highest BCUT2D eigenvalue weighted by atomic mass is 31.1. The van der Waals surface area contributed by atoms with E-state index in [1.807, 2.05) is 0 Å². The summed E-state index contributed by atoms with van der Waals surface area (Å²) in [5.74, 6) is -1.02. The van der Waals surface area contributed by atoms with Crippen LogP contribution in [-0.4, -0.2) is 15.8 Å². The van der Waals surface area contributed by atoms with Crippen molar-refractivity contribution in [2.75, 3.05) is 0 Å². The normalized spacial score (nSPS) is 13.6. The molecule has 0 radical (unpaired) electrons. The Hall–Kier alpha value is 0.0200. The molecule has 0 aliphatic heterocycles. The van der Waals surface area contributed by atoms with Crippen LogP contribution >= 0.6 is 8.03 Å². The molecule has 0 spiro atoms. The van der Waals surface area contributed by atoms with Gasteiger partial charge in [0.15, 0.2) is 0 Å². The second-order valence-corrected chi connectivity index (χ2v) is 6.31. The number of hydrogen-bond donors (Lipinski definition) is 2. The summed E-state index contributed by atoms with van der Waals surface area (Å²) < 4.78 is 10.5. The van der Waals surface area contributed by atoms with Crippen LogP contribution in [0.3, 0.4) is 0 Å². The van der Waals surface area contributed by atoms with Crippen LogP contribution in [-0.2, 0) is 4.57 Å². The highest BCUT2D eigenvalue weighted by Crippen LogP contribution is 2.24. The monoisotopic (exact) mass is 277 g/mol. The number of unbranched alkanes of at least 4 members (excludes halogenated alkanes) is 10. The van der Waals surface area contributed by atoms with Gasteiger partial charge in [0.25, 0.3) is 5.85 Å². The Labute approximate surface area is 113 Å². The van der Waals surface area contributed by atoms with E-state index in [9.17, 15) is 4.57 Å². The van der Waals surface area contributed by atoms with Crippen LogP contribution in [0.5, 0.6) is 0 Å². The van der Waals surface area contributed by atoms with Gasteiger partial charge in [-0.15, -0.1) is 0 Å². The Balaban J connectivity index is 3.05. The van der Waals surface area contributed by atoms with Crippen LogP contribution in [0.1, 0.15) is 84.0 Å². The van der Waals surface area contributed by atoms with Gasteiger partial charge >= 0.3 is 8.03 Å². The van der Waals surface area contributed by atoms with E-state index in [0.717, 1.165) is 12.8 Å². The highest BCUT2D eigenvalue weighted by Gasteiger charge is 2.24. The third-order valence-electron chi connectivity index (χ3n) is 3.32. The third kappa shape index (κ3) is 12.5. The average molecular weight is 277 g/mol. The van der Waals surface area contributed by atoms with Gasteiger partial charge in [-0.05, 0) is 11.0 Å². The quantitative estimate of drug-likeness (QED) is 0.377. The third-order valence-corrected chi connectivity index (χ3v) is 4.09. The van der Waals surface area contributed by atoms with Crippen molar-refractivity contribution in [1.29, 1.82) is 0 Å². The molecule has 0 aromatic heterocycles. The number of aliphatic hydroxyl groups excluding tert-OH is 1. The smallest absolute Gasteiger partial charge is 0.349 e. The standard InChI is InChI=1S/C14H29O3P/c1-2-3-4-5-6-7-8-9-10-11-12-13-14(15)18(16)17/h14-15H,2-13H2,1H3/p+1. The predicted molar refractivity (Wildman–Crippen MR) is 76.9 cm³/mol. The van der Waals surface area contributed by atoms with Crippen molar-refractivity contribution in [2.45, 2.75) is 89.8 Å². The lowest BCUT2D eigenvalue weighted by molar-refractivity contribution is 0.223. The highest BCUT2D eigenvalue weighted by molar-refractivity contribution is 7.38. The molecule has 0 aromatic carbocycles. The lowest BCUT2D eigenvalue weighted by atomic mass is 10.1. The second-order valence-electron chi connectivity index (χ2n) is 5.11. The molecular weight excluding hydrogens is 247 g/mol. The molecule has 18 heavy (non-hydrogen) atoms. The van der Waals surface area contributed by atoms with Gasteiger partial charge in [-0.2, -0.15) is 4.89 Å². The maximum absolute atomic E-state index is 10.5. The average Bonchev–Trinajstić information content (AvgIpc) is 2.35. The molecule has 2 atom stereocenters. The summed E-state index contributed by atoms with van der Waals surface area (Å²) in [4.78, 5) is 8.64. The minimum atomic E-state index is -2.39. The van der Waals surface area contributed by atoms with E-state index in [4.69, 9.17) is 10.00 Å². The first-order chi connectivity index (χ1) is 8.68. The molecule has 0 saturated heterocycles. The molecular formula is C14H30O3P+. The van der Waals surface area contributed by atoms with Gasteiger partial charge in [-0.3, -0.25) is 0 Å². The Morgan fingerprint density at radius 1 is 0.833 bits per heavy atom. The minimum absolute atomic E-state index is 0.461. The van der Waals surface area contributed by atoms with Gasteiger partial charge < -0.3 is 5.11 Å². The second kappa shape index (κ2) is 13.5. The van der Waals surface area contributed by atoms with Gasteiger partial charge in [0.05, 0.1) is 0 Å². The number of hydrogen-bond acceptors (Lipinski definition) is 2. The topological polar surface area (TPSA) is 57.5 Å². The lowest BCUT2D eigenvalue weighted by Crippen LogP contribution is -1.99. The largest absolute Gasteiger partial charge is 0.537 e. The fraction of sp³-hybridized carbons (Fsp3) is 1.00. The summed E-state index contributed by atoms with van der Waals surface area (Å²) in [6.45, 7) is 2.24. The van der Waals surface area contributed by atoms with E-state index in [1.54, 1.807) is 0 Å². The molecule has 2 N–H and O–H groups in total. The maximum atomic E-state index is 10.5. The Kier molecular flexibility index (Phi) is 13.5. The van der Waals surface area contributed by atoms with Crippen LogP contribution < -0.4 is 0 Å². The first-order valence-electron chi connectivity index (χ1n) is 7.51. The molecule has 0 aromatic rings. The first kappa shape index (κ1) is 18.0. The van der Waals surface area contributed by atoms with Gasteiger partial charge in [-0.1, -0.05) is 71.1 Å². The molecule has 108 valence electrons. The summed E-state index contributed by atoms with van der Waals surface area (Å²) in [6.07, 6.45) is 14.3. The summed E-state index contributed by atoms with van der Waals surface area (Å²) in [6, 6.07) is 0. The fourth-order valence-electron chi connectivity index (χ4n) is 2.10. The van der Waals surface area contributed by atoms with Crippen molar-refractivity contribution in [1.82, 2.24) is 0 Å². The van der Waals surface area contributed by atoms with Crippen LogP contribution in [0.2, 0.25) is 0 Å². The molecule has 0 aliphatic rings. The van der Waals surface area contributed by atoms with Crippen molar-refractivity contribution in [3.05, 3.63) is 0 Å². The van der Waals surface area contributed by atoms with Crippen molar-refractivity contribution in [2.24, 2.45) is 0 Å². The minimum Gasteiger partial charge on any atom is -0.349 e. The van der Waals surface area contributed by atoms with E-state index in [2.05, 4.69) is 6.92 Å². The van der Waals surface area contributed by atoms with Crippen molar-refractivity contribution in [3.8, 4) is 0 Å². The molecule has 0 rings (SSSR count). The zero-order valence-corrected chi connectivity index (χ0v) is 12.7. The molecule has 0 bridgehead atoms. The van der Waals surface area contributed by atoms with Gasteiger partial charge in [0, 0.05) is 6.42 Å². The Morgan fingerprint density at radius 2 is 1.22 bits per heavy atom. The molecule has 0 amide bonds. The van der Waals surface area contributed by atoms with Gasteiger partial charge in [0.2, 0.25) is 0 Å². The number of aliphatic hydroxyl groups is 1. The summed E-state index contributed by atoms with van der Waals surface area (Å²) >= 11 is 0. The molecule has 0 heterocycles. The van der Waals surface area contributed by atoms with E-state index < -0.39 is 13.9 Å². The Morgan fingerprint density at radius 3 is 1.61 bits per heavy atom. The zero-order valence-electron chi connectivity index (χ0n) is 11.8. The first-order valence-corrected chi connectivity index (χ1v) is 8.80. The predicted octanol–water partition coefficient (Wildman–Crippen LogP) is 4.74. The van der Waals surface area contributed by atoms with E-state index in [-0.39, 0.29) is 0 Å². The molecule has 4 heteroatoms. The van der Waals surface area contributed by atoms with Crippen LogP contribution in [0.4, 0.5) is 0 Å². The van der Waals surface area contributed by atoms with E-state index in [0.29, 0.717) is 6.42 Å². The molecule has 0 saturated carbocycles. The molecule has 2 unspecified atom stereocenters. The van der Waals surface area contributed by atoms with Crippen molar-refractivity contribution < 1.29 is 14.6 Å². The maximum Gasteiger partial charge on any atom is 0.537 e. The zero-order chi connectivity index (χ0) is 13.6. The molecule has 0 aliphatic carbocycles. The van der Waals surface area contributed by atoms with Crippen LogP contribution in [0.15, 0.2) is 0 Å². The van der Waals surface area contributed by atoms with Crippen LogP contribution in [0.25, 0.3) is 0 Å². The Bertz CT molecular complexity index is 197. The summed E-state index contributed by atoms with van der Waals surface area (Å²) in [5, 5.41) is 9.14.